The van der Waals surface area contributed by atoms with Gasteiger partial charge in [0, 0.05) is 40.8 Å². The van der Waals surface area contributed by atoms with Crippen molar-refractivity contribution in [2.75, 3.05) is 0 Å². The fourth-order valence-corrected chi connectivity index (χ4v) is 4.54. The molecule has 0 aliphatic carbocycles. The number of nitrogens with two attached hydrogens (primary N) is 1. The van der Waals surface area contributed by atoms with Gasteiger partial charge in [0.15, 0.2) is 0 Å². The number of benzene rings is 1. The van der Waals surface area contributed by atoms with Crippen LogP contribution in [0.5, 0.6) is 0 Å². The molecule has 0 bridgehead atoms. The first-order chi connectivity index (χ1) is 13.6. The summed E-state index contributed by atoms with van der Waals surface area (Å²) in [6.45, 7) is 1.91. The van der Waals surface area contributed by atoms with Crippen LogP contribution in [0.25, 0.3) is 27.0 Å². The fourth-order valence-electron chi connectivity index (χ4n) is 2.87. The van der Waals surface area contributed by atoms with E-state index < -0.39 is 0 Å². The van der Waals surface area contributed by atoms with Crippen LogP contribution < -0.4 is 5.73 Å². The van der Waals surface area contributed by atoms with Crippen LogP contribution in [0.4, 0.5) is 0 Å². The molecular weight excluding hydrogens is 392 g/mol. The van der Waals surface area contributed by atoms with Crippen LogP contribution in [0.1, 0.15) is 18.0 Å². The number of rotatable bonds is 4. The largest absolute Gasteiger partial charge is 0.322 e. The molecule has 0 fully saturated rings. The first-order valence-corrected chi connectivity index (χ1v) is 10.2. The van der Waals surface area contributed by atoms with Crippen LogP contribution in [0.15, 0.2) is 52.9 Å². The number of aryl methyl sites for hydroxylation is 1. The normalized spacial score (nSPS) is 12.8. The highest BCUT2D eigenvalue weighted by molar-refractivity contribution is 7.99. The van der Waals surface area contributed by atoms with Crippen molar-refractivity contribution < 1.29 is 0 Å². The number of fused-ring (bicyclic) bond motifs is 2. The Kier molecular flexibility index (Phi) is 4.11. The van der Waals surface area contributed by atoms with E-state index in [1.54, 1.807) is 9.20 Å². The van der Waals surface area contributed by atoms with Crippen molar-refractivity contribution in [2.45, 2.75) is 23.0 Å². The molecule has 0 saturated heterocycles. The summed E-state index contributed by atoms with van der Waals surface area (Å²) in [5.41, 5.74) is 8.95. The summed E-state index contributed by atoms with van der Waals surface area (Å²) in [5.74, 6) is 0. The van der Waals surface area contributed by atoms with E-state index in [0.29, 0.717) is 5.16 Å². The minimum Gasteiger partial charge on any atom is -0.322 e. The summed E-state index contributed by atoms with van der Waals surface area (Å²) in [5, 5.41) is 19.8. The molecule has 1 aromatic carbocycles. The zero-order valence-electron chi connectivity index (χ0n) is 15.1. The van der Waals surface area contributed by atoms with Crippen molar-refractivity contribution in [1.29, 1.82) is 0 Å². The van der Waals surface area contributed by atoms with Crippen molar-refractivity contribution in [1.82, 2.24) is 34.6 Å². The molecule has 0 amide bonds. The van der Waals surface area contributed by atoms with E-state index in [1.807, 2.05) is 44.7 Å². The second-order valence-corrected chi connectivity index (χ2v) is 8.52. The number of nitrogens with zero attached hydrogens (tertiary/aromatic N) is 7. The molecule has 10 heteroatoms. The standard InChI is InChI=1S/C18H16N8S2/c1-10(19)16-24-26-17(22-23-18(26)28-16)27-14-3-4-15-11(6-14)5-12(7-20-15)13-8-21-25(2)9-13/h3-10H,19H2,1-2H3/t10-/m0/s1. The molecule has 0 saturated carbocycles. The summed E-state index contributed by atoms with van der Waals surface area (Å²) in [6.07, 6.45) is 5.69. The zero-order chi connectivity index (χ0) is 19.3. The van der Waals surface area contributed by atoms with Gasteiger partial charge in [0.05, 0.1) is 17.8 Å². The summed E-state index contributed by atoms with van der Waals surface area (Å²) in [4.78, 5) is 6.36. The van der Waals surface area contributed by atoms with Gasteiger partial charge in [-0.25, -0.2) is 0 Å². The van der Waals surface area contributed by atoms with Gasteiger partial charge in [-0.05, 0) is 43.0 Å². The third-order valence-electron chi connectivity index (χ3n) is 4.27. The Balaban J connectivity index is 1.50. The van der Waals surface area contributed by atoms with Crippen molar-refractivity contribution in [3.8, 4) is 11.1 Å². The molecule has 1 atom stereocenters. The lowest BCUT2D eigenvalue weighted by Gasteiger charge is -2.04. The number of aromatic nitrogens is 7. The zero-order valence-corrected chi connectivity index (χ0v) is 16.8. The molecule has 8 nitrogen and oxygen atoms in total. The maximum Gasteiger partial charge on any atom is 0.235 e. The van der Waals surface area contributed by atoms with E-state index in [4.69, 9.17) is 5.73 Å². The van der Waals surface area contributed by atoms with Crippen molar-refractivity contribution in [2.24, 2.45) is 12.8 Å². The lowest BCUT2D eigenvalue weighted by molar-refractivity contribution is 0.736. The maximum absolute atomic E-state index is 5.93. The van der Waals surface area contributed by atoms with Crippen LogP contribution in [0.2, 0.25) is 0 Å². The van der Waals surface area contributed by atoms with Gasteiger partial charge in [-0.2, -0.15) is 14.7 Å². The summed E-state index contributed by atoms with van der Waals surface area (Å²) in [7, 11) is 1.90. The number of hydrogen-bond donors (Lipinski definition) is 1. The molecule has 28 heavy (non-hydrogen) atoms. The average Bonchev–Trinajstić information content (AvgIpc) is 3.38. The Morgan fingerprint density at radius 3 is 2.82 bits per heavy atom. The van der Waals surface area contributed by atoms with Crippen molar-refractivity contribution in [3.63, 3.8) is 0 Å². The first-order valence-electron chi connectivity index (χ1n) is 8.61. The first kappa shape index (κ1) is 17.3. The van der Waals surface area contributed by atoms with Gasteiger partial charge in [0.25, 0.3) is 0 Å². The number of hydrogen-bond acceptors (Lipinski definition) is 8. The van der Waals surface area contributed by atoms with Gasteiger partial charge in [0.2, 0.25) is 10.1 Å². The average molecular weight is 409 g/mol. The quantitative estimate of drug-likeness (QED) is 0.487. The molecule has 5 rings (SSSR count). The van der Waals surface area contributed by atoms with Gasteiger partial charge >= 0.3 is 0 Å². The molecule has 0 aliphatic rings. The van der Waals surface area contributed by atoms with Crippen LogP contribution in [0, 0.1) is 0 Å². The Hall–Kier alpha value is -2.82. The summed E-state index contributed by atoms with van der Waals surface area (Å²) < 4.78 is 3.54. The van der Waals surface area contributed by atoms with Gasteiger partial charge in [-0.1, -0.05) is 11.3 Å². The summed E-state index contributed by atoms with van der Waals surface area (Å²) in [6, 6.07) is 8.15. The van der Waals surface area contributed by atoms with Crippen molar-refractivity contribution in [3.05, 3.63) is 47.9 Å². The molecular formula is C18H16N8S2. The van der Waals surface area contributed by atoms with Crippen LogP contribution in [-0.4, -0.2) is 34.6 Å². The minimum atomic E-state index is -0.123. The van der Waals surface area contributed by atoms with Gasteiger partial charge in [0.1, 0.15) is 5.01 Å². The lowest BCUT2D eigenvalue weighted by atomic mass is 10.1. The maximum atomic E-state index is 5.93. The van der Waals surface area contributed by atoms with Crippen LogP contribution in [0.3, 0.4) is 0 Å². The molecule has 140 valence electrons. The van der Waals surface area contributed by atoms with Crippen LogP contribution in [-0.2, 0) is 7.05 Å². The van der Waals surface area contributed by atoms with Gasteiger partial charge in [-0.15, -0.1) is 10.2 Å². The highest BCUT2D eigenvalue weighted by Crippen LogP contribution is 2.31. The fraction of sp³-hybridized carbons (Fsp3) is 0.167. The third kappa shape index (κ3) is 3.05. The second kappa shape index (κ2) is 6.66. The van der Waals surface area contributed by atoms with E-state index >= 15 is 0 Å². The molecule has 0 unspecified atom stereocenters. The summed E-state index contributed by atoms with van der Waals surface area (Å²) >= 11 is 2.98. The molecule has 4 heterocycles. The third-order valence-corrected chi connectivity index (χ3v) is 6.29. The van der Waals surface area contributed by atoms with E-state index in [-0.39, 0.29) is 6.04 Å². The number of pyridine rings is 1. The minimum absolute atomic E-state index is 0.123. The van der Waals surface area contributed by atoms with E-state index in [9.17, 15) is 0 Å². The SMILES string of the molecule is C[C@H](N)c1nn2c(Sc3ccc4ncc(-c5cnn(C)c5)cc4c3)nnc2s1. The molecule has 2 N–H and O–H groups in total. The van der Waals surface area contributed by atoms with E-state index in [1.165, 1.54) is 23.1 Å². The Morgan fingerprint density at radius 1 is 1.14 bits per heavy atom. The molecule has 5 aromatic rings. The Bertz CT molecular complexity index is 1300. The monoisotopic (exact) mass is 408 g/mol. The van der Waals surface area contributed by atoms with E-state index in [0.717, 1.165) is 36.9 Å². The van der Waals surface area contributed by atoms with Crippen molar-refractivity contribution >= 4 is 39.0 Å². The molecule has 4 aromatic heterocycles. The lowest BCUT2D eigenvalue weighted by Crippen LogP contribution is -2.05. The van der Waals surface area contributed by atoms with Crippen LogP contribution >= 0.6 is 23.1 Å². The Labute approximate surface area is 168 Å². The van der Waals surface area contributed by atoms with E-state index in [2.05, 4.69) is 37.5 Å². The highest BCUT2D eigenvalue weighted by atomic mass is 32.2. The second-order valence-electron chi connectivity index (χ2n) is 6.49. The predicted molar refractivity (Wildman–Crippen MR) is 109 cm³/mol. The molecule has 0 radical (unpaired) electrons. The van der Waals surface area contributed by atoms with Gasteiger partial charge < -0.3 is 5.73 Å². The predicted octanol–water partition coefficient (Wildman–Crippen LogP) is 3.31. The molecule has 0 spiro atoms. The van der Waals surface area contributed by atoms with Gasteiger partial charge in [-0.3, -0.25) is 9.67 Å². The molecule has 0 aliphatic heterocycles. The Morgan fingerprint density at radius 2 is 2.04 bits per heavy atom. The smallest absolute Gasteiger partial charge is 0.235 e. The topological polar surface area (TPSA) is 99.8 Å². The highest BCUT2D eigenvalue weighted by Gasteiger charge is 2.15.